The van der Waals surface area contributed by atoms with Crippen molar-refractivity contribution >= 4 is 27.5 Å². The molecule has 0 aliphatic carbocycles. The van der Waals surface area contributed by atoms with Crippen LogP contribution in [0.1, 0.15) is 30.1 Å². The monoisotopic (exact) mass is 343 g/mol. The topological polar surface area (TPSA) is 58.4 Å². The molecule has 1 unspecified atom stereocenters. The Balaban J connectivity index is 2.06. The average molecular weight is 344 g/mol. The molecule has 1 aliphatic rings. The molecule has 1 atom stereocenters. The second kappa shape index (κ2) is 6.54. The fourth-order valence-electron chi connectivity index (χ4n) is 2.46. The molecule has 0 radical (unpaired) electrons. The van der Waals surface area contributed by atoms with Crippen LogP contribution in [0, 0.1) is 5.82 Å². The first-order valence-electron chi connectivity index (χ1n) is 6.79. The van der Waals surface area contributed by atoms with Gasteiger partial charge in [-0.1, -0.05) is 6.92 Å². The van der Waals surface area contributed by atoms with Gasteiger partial charge in [0.25, 0.3) is 5.91 Å². The number of anilines is 1. The summed E-state index contributed by atoms with van der Waals surface area (Å²) in [7, 11) is 0. The fraction of sp³-hybridized carbons (Fsp3) is 0.500. The van der Waals surface area contributed by atoms with E-state index in [4.69, 9.17) is 5.73 Å². The van der Waals surface area contributed by atoms with Gasteiger partial charge < -0.3 is 16.0 Å². The largest absolute Gasteiger partial charge is 0.396 e. The van der Waals surface area contributed by atoms with E-state index in [1.54, 1.807) is 0 Å². The Hall–Kier alpha value is -1.14. The third-order valence-corrected chi connectivity index (χ3v) is 4.28. The second-order valence-electron chi connectivity index (χ2n) is 5.06. The molecule has 3 N–H and O–H groups in total. The van der Waals surface area contributed by atoms with E-state index in [0.29, 0.717) is 10.0 Å². The first-order valence-corrected chi connectivity index (χ1v) is 7.58. The number of hydrogen-bond acceptors (Lipinski definition) is 3. The summed E-state index contributed by atoms with van der Waals surface area (Å²) in [5.41, 5.74) is 5.88. The quantitative estimate of drug-likeness (QED) is 0.828. The molecule has 20 heavy (non-hydrogen) atoms. The van der Waals surface area contributed by atoms with E-state index in [2.05, 4.69) is 33.1 Å². The lowest BCUT2D eigenvalue weighted by Crippen LogP contribution is -2.47. The van der Waals surface area contributed by atoms with Crippen molar-refractivity contribution in [3.63, 3.8) is 0 Å². The summed E-state index contributed by atoms with van der Waals surface area (Å²) in [6, 6.07) is 2.73. The number of hydrogen-bond donors (Lipinski definition) is 2. The summed E-state index contributed by atoms with van der Waals surface area (Å²) >= 11 is 3.21. The van der Waals surface area contributed by atoms with Crippen molar-refractivity contribution in [1.29, 1.82) is 0 Å². The number of nitrogens with zero attached hydrogens (tertiary/aromatic N) is 1. The number of halogens is 2. The standard InChI is InChI=1S/C14H19BrFN3O/c1-2-19-5-3-4-9(8-19)18-14(20)10-6-13(17)12(16)7-11(10)15/h6-7,9H,2-5,8,17H2,1H3,(H,18,20). The van der Waals surface area contributed by atoms with Crippen LogP contribution in [0.25, 0.3) is 0 Å². The number of nitrogens with two attached hydrogens (primary N) is 1. The molecule has 2 rings (SSSR count). The highest BCUT2D eigenvalue weighted by molar-refractivity contribution is 9.10. The van der Waals surface area contributed by atoms with Gasteiger partial charge in [0, 0.05) is 17.1 Å². The minimum absolute atomic E-state index is 0.0165. The maximum Gasteiger partial charge on any atom is 0.252 e. The molecule has 0 spiro atoms. The minimum Gasteiger partial charge on any atom is -0.396 e. The van der Waals surface area contributed by atoms with Crippen molar-refractivity contribution in [2.45, 2.75) is 25.8 Å². The molecule has 0 aromatic heterocycles. The van der Waals surface area contributed by atoms with Gasteiger partial charge in [-0.2, -0.15) is 0 Å². The van der Waals surface area contributed by atoms with Gasteiger partial charge in [-0.3, -0.25) is 4.79 Å². The molecule has 1 aromatic rings. The fourth-order valence-corrected chi connectivity index (χ4v) is 2.96. The predicted octanol–water partition coefficient (Wildman–Crippen LogP) is 2.38. The molecule has 4 nitrogen and oxygen atoms in total. The molecule has 1 aliphatic heterocycles. The maximum absolute atomic E-state index is 13.3. The van der Waals surface area contributed by atoms with Crippen LogP contribution in [-0.4, -0.2) is 36.5 Å². The van der Waals surface area contributed by atoms with Crippen molar-refractivity contribution in [3.05, 3.63) is 28.0 Å². The molecule has 6 heteroatoms. The number of piperidine rings is 1. The van der Waals surface area contributed by atoms with Gasteiger partial charge in [-0.25, -0.2) is 4.39 Å². The smallest absolute Gasteiger partial charge is 0.252 e. The van der Waals surface area contributed by atoms with Crippen LogP contribution in [-0.2, 0) is 0 Å². The Morgan fingerprint density at radius 3 is 3.05 bits per heavy atom. The Bertz CT molecular complexity index is 509. The third kappa shape index (κ3) is 3.49. The number of likely N-dealkylation sites (N-methyl/N-ethyl adjacent to an activating group) is 1. The lowest BCUT2D eigenvalue weighted by Gasteiger charge is -2.32. The van der Waals surface area contributed by atoms with E-state index in [1.165, 1.54) is 12.1 Å². The predicted molar refractivity (Wildman–Crippen MR) is 81.1 cm³/mol. The maximum atomic E-state index is 13.3. The van der Waals surface area contributed by atoms with Crippen molar-refractivity contribution in [2.24, 2.45) is 0 Å². The highest BCUT2D eigenvalue weighted by Crippen LogP contribution is 2.23. The highest BCUT2D eigenvalue weighted by atomic mass is 79.9. The normalized spacial score (nSPS) is 19.9. The Labute approximate surface area is 126 Å². The molecular weight excluding hydrogens is 325 g/mol. The van der Waals surface area contributed by atoms with Crippen LogP contribution in [0.4, 0.5) is 10.1 Å². The molecular formula is C14H19BrFN3O. The molecule has 0 saturated carbocycles. The van der Waals surface area contributed by atoms with Gasteiger partial charge in [0.2, 0.25) is 0 Å². The number of rotatable bonds is 3. The first-order chi connectivity index (χ1) is 9.51. The van der Waals surface area contributed by atoms with Crippen molar-refractivity contribution in [2.75, 3.05) is 25.4 Å². The number of carbonyl (C=O) groups is 1. The third-order valence-electron chi connectivity index (χ3n) is 3.62. The summed E-state index contributed by atoms with van der Waals surface area (Å²) in [4.78, 5) is 14.6. The van der Waals surface area contributed by atoms with E-state index in [-0.39, 0.29) is 17.6 Å². The van der Waals surface area contributed by atoms with Gasteiger partial charge in [0.1, 0.15) is 5.82 Å². The lowest BCUT2D eigenvalue weighted by atomic mass is 10.0. The molecule has 1 heterocycles. The molecule has 1 amide bonds. The van der Waals surface area contributed by atoms with Gasteiger partial charge in [-0.05, 0) is 54.0 Å². The van der Waals surface area contributed by atoms with Crippen LogP contribution in [0.15, 0.2) is 16.6 Å². The van der Waals surface area contributed by atoms with Crippen molar-refractivity contribution in [3.8, 4) is 0 Å². The van der Waals surface area contributed by atoms with Crippen LogP contribution >= 0.6 is 15.9 Å². The Kier molecular flexibility index (Phi) is 4.99. The minimum atomic E-state index is -0.525. The lowest BCUT2D eigenvalue weighted by molar-refractivity contribution is 0.0905. The number of likely N-dealkylation sites (tertiary alicyclic amines) is 1. The molecule has 1 aromatic carbocycles. The zero-order valence-electron chi connectivity index (χ0n) is 11.5. The van der Waals surface area contributed by atoms with E-state index in [1.807, 2.05) is 0 Å². The SMILES string of the molecule is CCN1CCCC(NC(=O)c2cc(N)c(F)cc2Br)C1. The number of amides is 1. The van der Waals surface area contributed by atoms with E-state index >= 15 is 0 Å². The zero-order valence-corrected chi connectivity index (χ0v) is 13.0. The summed E-state index contributed by atoms with van der Waals surface area (Å²) in [6.07, 6.45) is 2.04. The molecule has 1 fully saturated rings. The highest BCUT2D eigenvalue weighted by Gasteiger charge is 2.22. The number of nitrogen functional groups attached to an aromatic ring is 1. The zero-order chi connectivity index (χ0) is 14.7. The first kappa shape index (κ1) is 15.3. The number of benzene rings is 1. The summed E-state index contributed by atoms with van der Waals surface area (Å²) in [5, 5.41) is 3.00. The number of carbonyl (C=O) groups excluding carboxylic acids is 1. The van der Waals surface area contributed by atoms with E-state index < -0.39 is 5.82 Å². The Morgan fingerprint density at radius 2 is 2.35 bits per heavy atom. The van der Waals surface area contributed by atoms with Crippen molar-refractivity contribution < 1.29 is 9.18 Å². The van der Waals surface area contributed by atoms with Gasteiger partial charge in [0.15, 0.2) is 0 Å². The molecule has 110 valence electrons. The van der Waals surface area contributed by atoms with Crippen LogP contribution in [0.2, 0.25) is 0 Å². The second-order valence-corrected chi connectivity index (χ2v) is 5.91. The average Bonchev–Trinajstić information content (AvgIpc) is 2.43. The van der Waals surface area contributed by atoms with E-state index in [9.17, 15) is 9.18 Å². The van der Waals surface area contributed by atoms with Gasteiger partial charge in [0.05, 0.1) is 11.3 Å². The molecule has 1 saturated heterocycles. The van der Waals surface area contributed by atoms with Gasteiger partial charge in [-0.15, -0.1) is 0 Å². The number of nitrogens with one attached hydrogen (secondary N) is 1. The van der Waals surface area contributed by atoms with Crippen molar-refractivity contribution in [1.82, 2.24) is 10.2 Å². The summed E-state index contributed by atoms with van der Waals surface area (Å²) in [6.45, 7) is 5.04. The van der Waals surface area contributed by atoms with E-state index in [0.717, 1.165) is 32.5 Å². The Morgan fingerprint density at radius 1 is 1.60 bits per heavy atom. The van der Waals surface area contributed by atoms with Crippen LogP contribution in [0.3, 0.4) is 0 Å². The van der Waals surface area contributed by atoms with Gasteiger partial charge >= 0.3 is 0 Å². The molecule has 0 bridgehead atoms. The summed E-state index contributed by atoms with van der Waals surface area (Å²) < 4.78 is 13.7. The van der Waals surface area contributed by atoms with Crippen LogP contribution < -0.4 is 11.1 Å². The summed E-state index contributed by atoms with van der Waals surface area (Å²) in [5.74, 6) is -0.741. The van der Waals surface area contributed by atoms with Crippen LogP contribution in [0.5, 0.6) is 0 Å².